The van der Waals surface area contributed by atoms with Crippen LogP contribution in [0, 0.1) is 5.82 Å². The zero-order valence-electron chi connectivity index (χ0n) is 9.79. The zero-order valence-corrected chi connectivity index (χ0v) is 12.1. The van der Waals surface area contributed by atoms with Gasteiger partial charge in [0.15, 0.2) is 0 Å². The minimum absolute atomic E-state index is 0.0502. The van der Waals surface area contributed by atoms with Gasteiger partial charge in [0.05, 0.1) is 5.02 Å². The van der Waals surface area contributed by atoms with Crippen LogP contribution >= 0.6 is 27.5 Å². The lowest BCUT2D eigenvalue weighted by molar-refractivity contribution is 0.0951. The summed E-state index contributed by atoms with van der Waals surface area (Å²) >= 11 is 8.98. The van der Waals surface area contributed by atoms with Crippen LogP contribution in [0.2, 0.25) is 5.02 Å². The van der Waals surface area contributed by atoms with Gasteiger partial charge in [-0.25, -0.2) is 4.39 Å². The molecule has 0 radical (unpaired) electrons. The Morgan fingerprint density at radius 2 is 2.05 bits per heavy atom. The summed E-state index contributed by atoms with van der Waals surface area (Å²) < 4.78 is 13.8. The number of hydrogen-bond donors (Lipinski definition) is 1. The van der Waals surface area contributed by atoms with Crippen LogP contribution in [-0.2, 0) is 6.54 Å². The van der Waals surface area contributed by atoms with Crippen LogP contribution in [0.25, 0.3) is 0 Å². The molecular formula is C14H10BrClFNO. The molecule has 0 aliphatic carbocycles. The average molecular weight is 343 g/mol. The number of rotatable bonds is 3. The van der Waals surface area contributed by atoms with Crippen LogP contribution in [0.5, 0.6) is 0 Å². The third kappa shape index (κ3) is 3.78. The van der Waals surface area contributed by atoms with E-state index < -0.39 is 5.82 Å². The van der Waals surface area contributed by atoms with E-state index in [2.05, 4.69) is 21.2 Å². The number of halogens is 3. The van der Waals surface area contributed by atoms with Gasteiger partial charge in [0.1, 0.15) is 5.82 Å². The Morgan fingerprint density at radius 1 is 1.26 bits per heavy atom. The van der Waals surface area contributed by atoms with Crippen LogP contribution < -0.4 is 5.32 Å². The molecule has 0 aliphatic heterocycles. The Morgan fingerprint density at radius 3 is 2.74 bits per heavy atom. The van der Waals surface area contributed by atoms with Crippen molar-refractivity contribution in [1.82, 2.24) is 5.32 Å². The molecule has 0 atom stereocenters. The third-order valence-electron chi connectivity index (χ3n) is 2.52. The van der Waals surface area contributed by atoms with E-state index in [-0.39, 0.29) is 10.9 Å². The summed E-state index contributed by atoms with van der Waals surface area (Å²) in [5, 5.41) is 2.80. The fourth-order valence-corrected chi connectivity index (χ4v) is 2.17. The minimum Gasteiger partial charge on any atom is -0.348 e. The van der Waals surface area contributed by atoms with Gasteiger partial charge in [-0.05, 0) is 35.9 Å². The Bertz CT molecular complexity index is 618. The molecule has 2 aromatic carbocycles. The molecule has 2 aromatic rings. The second-order valence-electron chi connectivity index (χ2n) is 3.94. The summed E-state index contributed by atoms with van der Waals surface area (Å²) in [5.41, 5.74) is 1.30. The highest BCUT2D eigenvalue weighted by Gasteiger charge is 2.06. The molecule has 0 spiro atoms. The van der Waals surface area contributed by atoms with E-state index in [1.165, 1.54) is 12.1 Å². The van der Waals surface area contributed by atoms with Crippen molar-refractivity contribution in [3.05, 3.63) is 68.9 Å². The molecule has 0 unspecified atom stereocenters. The van der Waals surface area contributed by atoms with Gasteiger partial charge in [0.25, 0.3) is 5.91 Å². The number of nitrogens with one attached hydrogen (secondary N) is 1. The molecule has 19 heavy (non-hydrogen) atoms. The van der Waals surface area contributed by atoms with Crippen molar-refractivity contribution in [3.8, 4) is 0 Å². The van der Waals surface area contributed by atoms with Gasteiger partial charge in [-0.2, -0.15) is 0 Å². The highest BCUT2D eigenvalue weighted by molar-refractivity contribution is 9.10. The summed E-state index contributed by atoms with van der Waals surface area (Å²) in [5.74, 6) is -0.662. The van der Waals surface area contributed by atoms with Crippen molar-refractivity contribution in [3.63, 3.8) is 0 Å². The van der Waals surface area contributed by atoms with E-state index in [1.807, 2.05) is 6.07 Å². The van der Waals surface area contributed by atoms with Crippen molar-refractivity contribution in [2.75, 3.05) is 0 Å². The molecular weight excluding hydrogens is 333 g/mol. The SMILES string of the molecule is O=C(NCc1ccc(F)c(Cl)c1)c1cccc(Br)c1. The topological polar surface area (TPSA) is 29.1 Å². The molecule has 0 heterocycles. The van der Waals surface area contributed by atoms with E-state index in [4.69, 9.17) is 11.6 Å². The largest absolute Gasteiger partial charge is 0.348 e. The monoisotopic (exact) mass is 341 g/mol. The zero-order chi connectivity index (χ0) is 13.8. The minimum atomic E-state index is -0.469. The van der Waals surface area contributed by atoms with E-state index in [0.717, 1.165) is 10.0 Å². The van der Waals surface area contributed by atoms with Gasteiger partial charge < -0.3 is 5.32 Å². The second kappa shape index (κ2) is 6.17. The van der Waals surface area contributed by atoms with Crippen molar-refractivity contribution in [2.24, 2.45) is 0 Å². The van der Waals surface area contributed by atoms with Crippen LogP contribution in [0.4, 0.5) is 4.39 Å². The second-order valence-corrected chi connectivity index (χ2v) is 5.26. The molecule has 98 valence electrons. The Hall–Kier alpha value is -1.39. The van der Waals surface area contributed by atoms with E-state index in [9.17, 15) is 9.18 Å². The summed E-state index contributed by atoms with van der Waals surface area (Å²) in [7, 11) is 0. The number of carbonyl (C=O) groups excluding carboxylic acids is 1. The van der Waals surface area contributed by atoms with Gasteiger partial charge in [-0.1, -0.05) is 39.7 Å². The first-order valence-electron chi connectivity index (χ1n) is 5.54. The molecule has 0 fully saturated rings. The Balaban J connectivity index is 2.02. The van der Waals surface area contributed by atoms with E-state index >= 15 is 0 Å². The van der Waals surface area contributed by atoms with Crippen molar-refractivity contribution >= 4 is 33.4 Å². The average Bonchev–Trinajstić information content (AvgIpc) is 2.40. The quantitative estimate of drug-likeness (QED) is 0.891. The lowest BCUT2D eigenvalue weighted by Gasteiger charge is -2.06. The molecule has 1 N–H and O–H groups in total. The maximum atomic E-state index is 13.0. The third-order valence-corrected chi connectivity index (χ3v) is 3.31. The first-order chi connectivity index (χ1) is 9.06. The normalized spacial score (nSPS) is 10.3. The fraction of sp³-hybridized carbons (Fsp3) is 0.0714. The van der Waals surface area contributed by atoms with Crippen molar-refractivity contribution in [1.29, 1.82) is 0 Å². The van der Waals surface area contributed by atoms with Gasteiger partial charge in [0, 0.05) is 16.6 Å². The smallest absolute Gasteiger partial charge is 0.251 e. The van der Waals surface area contributed by atoms with Crippen LogP contribution in [0.15, 0.2) is 46.9 Å². The Labute approximate surface area is 123 Å². The van der Waals surface area contributed by atoms with Crippen molar-refractivity contribution in [2.45, 2.75) is 6.54 Å². The molecule has 0 aromatic heterocycles. The molecule has 0 aliphatic rings. The lowest BCUT2D eigenvalue weighted by Crippen LogP contribution is -2.22. The van der Waals surface area contributed by atoms with Crippen molar-refractivity contribution < 1.29 is 9.18 Å². The lowest BCUT2D eigenvalue weighted by atomic mass is 10.2. The van der Waals surface area contributed by atoms with Gasteiger partial charge in [-0.3, -0.25) is 4.79 Å². The fourth-order valence-electron chi connectivity index (χ4n) is 1.56. The van der Waals surface area contributed by atoms with Crippen LogP contribution in [0.3, 0.4) is 0 Å². The maximum absolute atomic E-state index is 13.0. The highest BCUT2D eigenvalue weighted by atomic mass is 79.9. The van der Waals surface area contributed by atoms with Crippen LogP contribution in [0.1, 0.15) is 15.9 Å². The predicted molar refractivity (Wildman–Crippen MR) is 76.7 cm³/mol. The molecule has 2 nitrogen and oxygen atoms in total. The number of hydrogen-bond acceptors (Lipinski definition) is 1. The van der Waals surface area contributed by atoms with E-state index in [1.54, 1.807) is 24.3 Å². The van der Waals surface area contributed by atoms with Crippen LogP contribution in [-0.4, -0.2) is 5.91 Å². The number of carbonyl (C=O) groups is 1. The molecule has 5 heteroatoms. The predicted octanol–water partition coefficient (Wildman–Crippen LogP) is 4.17. The number of benzene rings is 2. The summed E-state index contributed by atoms with van der Waals surface area (Å²) in [6.07, 6.45) is 0. The molecule has 0 bridgehead atoms. The summed E-state index contributed by atoms with van der Waals surface area (Å²) in [6.45, 7) is 0.297. The first kappa shape index (κ1) is 14.0. The maximum Gasteiger partial charge on any atom is 0.251 e. The molecule has 0 saturated carbocycles. The molecule has 1 amide bonds. The summed E-state index contributed by atoms with van der Waals surface area (Å²) in [4.78, 5) is 11.9. The highest BCUT2D eigenvalue weighted by Crippen LogP contribution is 2.16. The Kier molecular flexibility index (Phi) is 4.56. The van der Waals surface area contributed by atoms with E-state index in [0.29, 0.717) is 12.1 Å². The molecule has 0 saturated heterocycles. The first-order valence-corrected chi connectivity index (χ1v) is 6.71. The van der Waals surface area contributed by atoms with Gasteiger partial charge in [-0.15, -0.1) is 0 Å². The van der Waals surface area contributed by atoms with Gasteiger partial charge in [0.2, 0.25) is 0 Å². The number of amides is 1. The molecule has 2 rings (SSSR count). The summed E-state index contributed by atoms with van der Waals surface area (Å²) in [6, 6.07) is 11.4. The van der Waals surface area contributed by atoms with Gasteiger partial charge >= 0.3 is 0 Å². The standard InChI is InChI=1S/C14H10BrClFNO/c15-11-3-1-2-10(7-11)14(19)18-8-9-4-5-13(17)12(16)6-9/h1-7H,8H2,(H,18,19).